The molecule has 0 radical (unpaired) electrons. The molecule has 2 aliphatic carbocycles. The van der Waals surface area contributed by atoms with Crippen molar-refractivity contribution >= 4 is 5.91 Å². The minimum atomic E-state index is -0.572. The van der Waals surface area contributed by atoms with E-state index in [2.05, 4.69) is 26.1 Å². The van der Waals surface area contributed by atoms with Gasteiger partial charge < -0.3 is 11.1 Å². The smallest absolute Gasteiger partial charge is 0.241 e. The lowest BCUT2D eigenvalue weighted by molar-refractivity contribution is -0.124. The lowest BCUT2D eigenvalue weighted by Gasteiger charge is -2.39. The van der Waals surface area contributed by atoms with E-state index in [0.717, 1.165) is 17.9 Å². The number of nitrogens with one attached hydrogen (secondary N) is 1. The van der Waals surface area contributed by atoms with Crippen LogP contribution >= 0.6 is 0 Å². The number of fused-ring (bicyclic) bond motifs is 2. The maximum atomic E-state index is 12.5. The molecular weight excluding hydrogens is 260 g/mol. The first-order valence-electron chi connectivity index (χ1n) is 7.97. The van der Waals surface area contributed by atoms with Crippen molar-refractivity contribution in [3.05, 3.63) is 35.9 Å². The highest BCUT2D eigenvalue weighted by Gasteiger charge is 2.61. The minimum Gasteiger partial charge on any atom is -0.351 e. The largest absolute Gasteiger partial charge is 0.351 e. The number of nitrogens with two attached hydrogens (primary N) is 1. The van der Waals surface area contributed by atoms with Crippen molar-refractivity contribution in [2.75, 3.05) is 0 Å². The summed E-state index contributed by atoms with van der Waals surface area (Å²) in [5.74, 6) is 0.677. The molecule has 0 aromatic heterocycles. The number of amides is 1. The van der Waals surface area contributed by atoms with Gasteiger partial charge >= 0.3 is 0 Å². The Labute approximate surface area is 127 Å². The fourth-order valence-electron chi connectivity index (χ4n) is 4.50. The molecule has 0 saturated heterocycles. The summed E-state index contributed by atoms with van der Waals surface area (Å²) >= 11 is 0. The van der Waals surface area contributed by atoms with Gasteiger partial charge in [-0.25, -0.2) is 0 Å². The predicted octanol–water partition coefficient (Wildman–Crippen LogP) is 3.02. The molecule has 2 bridgehead atoms. The number of hydrogen-bond donors (Lipinski definition) is 2. The molecule has 3 N–H and O–H groups in total. The van der Waals surface area contributed by atoms with Gasteiger partial charge in [0.15, 0.2) is 0 Å². The lowest BCUT2D eigenvalue weighted by Crippen LogP contribution is -2.49. The summed E-state index contributed by atoms with van der Waals surface area (Å²) < 4.78 is 0. The molecule has 2 fully saturated rings. The second-order valence-corrected chi connectivity index (χ2v) is 7.56. The third-order valence-corrected chi connectivity index (χ3v) is 6.55. The van der Waals surface area contributed by atoms with E-state index in [0.29, 0.717) is 5.41 Å². The monoisotopic (exact) mass is 286 g/mol. The highest BCUT2D eigenvalue weighted by molar-refractivity contribution is 5.83. The summed E-state index contributed by atoms with van der Waals surface area (Å²) in [6, 6.07) is 9.29. The van der Waals surface area contributed by atoms with Gasteiger partial charge in [-0.05, 0) is 41.6 Å². The predicted molar refractivity (Wildman–Crippen MR) is 84.5 cm³/mol. The van der Waals surface area contributed by atoms with Gasteiger partial charge in [-0.3, -0.25) is 4.79 Å². The summed E-state index contributed by atoms with van der Waals surface area (Å²) in [6.45, 7) is 7.04. The normalized spacial score (nSPS) is 34.7. The SMILES string of the molecule is CC1(C)C2CCC1(C)C(NC(=O)[C@H](N)c1ccccc1)C2. The zero-order valence-corrected chi connectivity index (χ0v) is 13.2. The Bertz CT molecular complexity index is 539. The van der Waals surface area contributed by atoms with Crippen LogP contribution in [-0.2, 0) is 4.79 Å². The fourth-order valence-corrected chi connectivity index (χ4v) is 4.50. The third-order valence-electron chi connectivity index (χ3n) is 6.55. The first kappa shape index (κ1) is 14.6. The van der Waals surface area contributed by atoms with Crippen LogP contribution in [0.3, 0.4) is 0 Å². The van der Waals surface area contributed by atoms with Crippen molar-refractivity contribution in [2.24, 2.45) is 22.5 Å². The van der Waals surface area contributed by atoms with Crippen molar-refractivity contribution in [1.82, 2.24) is 5.32 Å². The molecule has 3 heteroatoms. The maximum absolute atomic E-state index is 12.5. The molecule has 114 valence electrons. The Morgan fingerprint density at radius 1 is 1.29 bits per heavy atom. The molecule has 21 heavy (non-hydrogen) atoms. The van der Waals surface area contributed by atoms with Crippen LogP contribution in [0.1, 0.15) is 51.6 Å². The van der Waals surface area contributed by atoms with Crippen LogP contribution in [0.25, 0.3) is 0 Å². The Kier molecular flexibility index (Phi) is 3.36. The van der Waals surface area contributed by atoms with Crippen LogP contribution in [0.2, 0.25) is 0 Å². The molecule has 3 nitrogen and oxygen atoms in total. The molecule has 0 aliphatic heterocycles. The molecule has 4 atom stereocenters. The van der Waals surface area contributed by atoms with Gasteiger partial charge in [-0.15, -0.1) is 0 Å². The Morgan fingerprint density at radius 3 is 2.48 bits per heavy atom. The molecule has 3 unspecified atom stereocenters. The van der Waals surface area contributed by atoms with Crippen LogP contribution in [0.4, 0.5) is 0 Å². The van der Waals surface area contributed by atoms with Gasteiger partial charge in [0, 0.05) is 6.04 Å². The van der Waals surface area contributed by atoms with E-state index in [-0.39, 0.29) is 17.4 Å². The van der Waals surface area contributed by atoms with Crippen molar-refractivity contribution < 1.29 is 4.79 Å². The van der Waals surface area contributed by atoms with Gasteiger partial charge in [0.2, 0.25) is 5.91 Å². The highest BCUT2D eigenvalue weighted by Crippen LogP contribution is 2.65. The summed E-state index contributed by atoms with van der Waals surface area (Å²) in [5, 5.41) is 3.24. The van der Waals surface area contributed by atoms with E-state index < -0.39 is 6.04 Å². The van der Waals surface area contributed by atoms with Crippen LogP contribution in [0.15, 0.2) is 30.3 Å². The maximum Gasteiger partial charge on any atom is 0.241 e. The second-order valence-electron chi connectivity index (χ2n) is 7.56. The van der Waals surface area contributed by atoms with E-state index in [9.17, 15) is 4.79 Å². The fraction of sp³-hybridized carbons (Fsp3) is 0.611. The summed E-state index contributed by atoms with van der Waals surface area (Å²) in [7, 11) is 0. The second kappa shape index (κ2) is 4.84. The van der Waals surface area contributed by atoms with Gasteiger partial charge in [0.25, 0.3) is 0 Å². The quantitative estimate of drug-likeness (QED) is 0.897. The zero-order chi connectivity index (χ0) is 15.3. The molecule has 0 heterocycles. The number of carbonyl (C=O) groups excluding carboxylic acids is 1. The number of hydrogen-bond acceptors (Lipinski definition) is 2. The number of rotatable bonds is 3. The summed E-state index contributed by atoms with van der Waals surface area (Å²) in [4.78, 5) is 12.5. The van der Waals surface area contributed by atoms with E-state index in [1.807, 2.05) is 30.3 Å². The molecule has 3 rings (SSSR count). The van der Waals surface area contributed by atoms with E-state index in [4.69, 9.17) is 5.73 Å². The molecule has 0 spiro atoms. The van der Waals surface area contributed by atoms with Gasteiger partial charge in [0.05, 0.1) is 0 Å². The summed E-state index contributed by atoms with van der Waals surface area (Å²) in [5.41, 5.74) is 7.50. The van der Waals surface area contributed by atoms with Crippen LogP contribution in [-0.4, -0.2) is 11.9 Å². The van der Waals surface area contributed by atoms with E-state index >= 15 is 0 Å². The van der Waals surface area contributed by atoms with E-state index in [1.165, 1.54) is 12.8 Å². The highest BCUT2D eigenvalue weighted by atomic mass is 16.2. The molecule has 2 saturated carbocycles. The van der Waals surface area contributed by atoms with Crippen LogP contribution in [0.5, 0.6) is 0 Å². The van der Waals surface area contributed by atoms with E-state index in [1.54, 1.807) is 0 Å². The van der Waals surface area contributed by atoms with Gasteiger partial charge in [-0.1, -0.05) is 51.1 Å². The minimum absolute atomic E-state index is 0.0456. The van der Waals surface area contributed by atoms with Crippen molar-refractivity contribution in [3.63, 3.8) is 0 Å². The lowest BCUT2D eigenvalue weighted by atomic mass is 9.69. The van der Waals surface area contributed by atoms with Crippen molar-refractivity contribution in [2.45, 2.75) is 52.1 Å². The summed E-state index contributed by atoms with van der Waals surface area (Å²) in [6.07, 6.45) is 3.59. The third kappa shape index (κ3) is 2.10. The van der Waals surface area contributed by atoms with Crippen molar-refractivity contribution in [1.29, 1.82) is 0 Å². The first-order valence-corrected chi connectivity index (χ1v) is 7.97. The standard InChI is InChI=1S/C18H26N2O/c1-17(2)13-9-10-18(17,3)14(11-13)20-16(21)15(19)12-7-5-4-6-8-12/h4-8,13-15H,9-11,19H2,1-3H3,(H,20,21)/t13?,14?,15-,18?/m1/s1. The topological polar surface area (TPSA) is 55.1 Å². The molecule has 2 aliphatic rings. The molecular formula is C18H26N2O. The van der Waals surface area contributed by atoms with Gasteiger partial charge in [-0.2, -0.15) is 0 Å². The van der Waals surface area contributed by atoms with Crippen LogP contribution in [0, 0.1) is 16.7 Å². The molecule has 1 amide bonds. The van der Waals surface area contributed by atoms with Crippen molar-refractivity contribution in [3.8, 4) is 0 Å². The van der Waals surface area contributed by atoms with Gasteiger partial charge in [0.1, 0.15) is 6.04 Å². The average molecular weight is 286 g/mol. The van der Waals surface area contributed by atoms with Crippen LogP contribution < -0.4 is 11.1 Å². The first-order chi connectivity index (χ1) is 9.86. The molecule has 1 aromatic carbocycles. The Hall–Kier alpha value is -1.35. The zero-order valence-electron chi connectivity index (χ0n) is 13.2. The Morgan fingerprint density at radius 2 is 1.95 bits per heavy atom. The average Bonchev–Trinajstić information content (AvgIpc) is 2.80. The number of carbonyl (C=O) groups is 1. The Balaban J connectivity index is 1.72. The molecule has 1 aromatic rings. The number of benzene rings is 1.